The first-order valence-corrected chi connectivity index (χ1v) is 5.21. The highest BCUT2D eigenvalue weighted by molar-refractivity contribution is 7.99. The van der Waals surface area contributed by atoms with Gasteiger partial charge in [0, 0.05) is 16.8 Å². The molecule has 0 saturated heterocycles. The summed E-state index contributed by atoms with van der Waals surface area (Å²) in [5.74, 6) is 1.11. The van der Waals surface area contributed by atoms with Crippen molar-refractivity contribution >= 4 is 23.1 Å². The lowest BCUT2D eigenvalue weighted by atomic mass is 10.6. The Hall–Kier alpha value is -0.0200. The van der Waals surface area contributed by atoms with Crippen molar-refractivity contribution in [2.45, 2.75) is 24.9 Å². The van der Waals surface area contributed by atoms with Crippen molar-refractivity contribution in [3.63, 3.8) is 0 Å². The molecule has 0 aromatic carbocycles. The molecule has 3 heteroatoms. The Balaban J connectivity index is 2.28. The predicted octanol–water partition coefficient (Wildman–Crippen LogP) is 2.78. The maximum Gasteiger partial charge on any atom is 0.0794 e. The molecule has 0 spiro atoms. The summed E-state index contributed by atoms with van der Waals surface area (Å²) in [6.07, 6.45) is 1.94. The Morgan fingerprint density at radius 3 is 3.00 bits per heavy atom. The second-order valence-corrected chi connectivity index (χ2v) is 4.86. The largest absolute Gasteiger partial charge is 0.253 e. The van der Waals surface area contributed by atoms with Gasteiger partial charge in [-0.2, -0.15) is 11.8 Å². The summed E-state index contributed by atoms with van der Waals surface area (Å²) in [7, 11) is 0. The zero-order valence-electron chi connectivity index (χ0n) is 6.20. The van der Waals surface area contributed by atoms with Crippen molar-refractivity contribution in [1.29, 1.82) is 0 Å². The Morgan fingerprint density at radius 2 is 2.50 bits per heavy atom. The van der Waals surface area contributed by atoms with Gasteiger partial charge in [0.15, 0.2) is 0 Å². The van der Waals surface area contributed by atoms with E-state index in [0.717, 1.165) is 11.0 Å². The molecule has 0 aliphatic rings. The van der Waals surface area contributed by atoms with Crippen LogP contribution in [0.15, 0.2) is 11.7 Å². The van der Waals surface area contributed by atoms with E-state index in [-0.39, 0.29) is 0 Å². The van der Waals surface area contributed by atoms with Gasteiger partial charge in [-0.25, -0.2) is 0 Å². The van der Waals surface area contributed by atoms with E-state index >= 15 is 0 Å². The molecule has 1 heterocycles. The molecule has 0 N–H and O–H groups in total. The van der Waals surface area contributed by atoms with Crippen LogP contribution in [-0.2, 0) is 5.75 Å². The minimum atomic E-state index is 0.724. The van der Waals surface area contributed by atoms with Crippen LogP contribution in [0.2, 0.25) is 0 Å². The first-order valence-electron chi connectivity index (χ1n) is 3.28. The molecule has 1 nitrogen and oxygen atoms in total. The highest BCUT2D eigenvalue weighted by atomic mass is 32.2. The fraction of sp³-hybridized carbons (Fsp3) is 0.571. The number of thioether (sulfide) groups is 1. The summed E-state index contributed by atoms with van der Waals surface area (Å²) < 4.78 is 0. The van der Waals surface area contributed by atoms with Crippen molar-refractivity contribution in [2.75, 3.05) is 0 Å². The Morgan fingerprint density at radius 1 is 1.70 bits per heavy atom. The van der Waals surface area contributed by atoms with E-state index in [0.29, 0.717) is 0 Å². The number of thiazole rings is 1. The van der Waals surface area contributed by atoms with Crippen molar-refractivity contribution in [3.8, 4) is 0 Å². The van der Waals surface area contributed by atoms with E-state index in [4.69, 9.17) is 0 Å². The minimum absolute atomic E-state index is 0.724. The summed E-state index contributed by atoms with van der Waals surface area (Å²) in [6.45, 7) is 4.43. The predicted molar refractivity (Wildman–Crippen MR) is 48.5 cm³/mol. The van der Waals surface area contributed by atoms with Gasteiger partial charge in [0.1, 0.15) is 0 Å². The van der Waals surface area contributed by atoms with Crippen LogP contribution in [0.25, 0.3) is 0 Å². The van der Waals surface area contributed by atoms with Gasteiger partial charge in [-0.3, -0.25) is 4.98 Å². The lowest BCUT2D eigenvalue weighted by Crippen LogP contribution is -1.85. The third-order valence-corrected chi connectivity index (χ3v) is 3.15. The molecule has 0 aliphatic heterocycles. The highest BCUT2D eigenvalue weighted by Gasteiger charge is 1.96. The van der Waals surface area contributed by atoms with Crippen LogP contribution < -0.4 is 0 Å². The molecule has 0 bridgehead atoms. The maximum absolute atomic E-state index is 4.01. The monoisotopic (exact) mass is 173 g/mol. The summed E-state index contributed by atoms with van der Waals surface area (Å²) >= 11 is 3.69. The Bertz CT molecular complexity index is 170. The van der Waals surface area contributed by atoms with Crippen LogP contribution in [0, 0.1) is 0 Å². The van der Waals surface area contributed by atoms with Crippen LogP contribution in [0.4, 0.5) is 0 Å². The molecule has 0 unspecified atom stereocenters. The smallest absolute Gasteiger partial charge is 0.0794 e. The zero-order valence-corrected chi connectivity index (χ0v) is 7.84. The van der Waals surface area contributed by atoms with E-state index in [2.05, 4.69) is 18.8 Å². The van der Waals surface area contributed by atoms with Crippen LogP contribution in [-0.4, -0.2) is 10.2 Å². The molecule has 1 rings (SSSR count). The van der Waals surface area contributed by atoms with Crippen molar-refractivity contribution in [1.82, 2.24) is 4.98 Å². The van der Waals surface area contributed by atoms with Crippen LogP contribution >= 0.6 is 23.1 Å². The third-order valence-electron chi connectivity index (χ3n) is 1.04. The summed E-state index contributed by atoms with van der Waals surface area (Å²) in [4.78, 5) is 5.38. The lowest BCUT2D eigenvalue weighted by molar-refractivity contribution is 1.11. The number of hydrogen-bond acceptors (Lipinski definition) is 3. The van der Waals surface area contributed by atoms with Crippen molar-refractivity contribution in [2.24, 2.45) is 0 Å². The SMILES string of the molecule is CC(C)SCc1cncs1. The molecule has 0 radical (unpaired) electrons. The topological polar surface area (TPSA) is 12.9 Å². The quantitative estimate of drug-likeness (QED) is 0.697. The van der Waals surface area contributed by atoms with E-state index < -0.39 is 0 Å². The second kappa shape index (κ2) is 3.98. The maximum atomic E-state index is 4.01. The van der Waals surface area contributed by atoms with Gasteiger partial charge in [0.2, 0.25) is 0 Å². The van der Waals surface area contributed by atoms with E-state index in [1.807, 2.05) is 23.5 Å². The van der Waals surface area contributed by atoms with E-state index in [1.54, 1.807) is 11.3 Å². The van der Waals surface area contributed by atoms with Gasteiger partial charge in [-0.1, -0.05) is 13.8 Å². The van der Waals surface area contributed by atoms with Gasteiger partial charge < -0.3 is 0 Å². The molecule has 1 aromatic heterocycles. The molecule has 1 aromatic rings. The molecule has 0 amide bonds. The first kappa shape index (κ1) is 8.08. The summed E-state index contributed by atoms with van der Waals surface area (Å²) in [5, 5.41) is 0.724. The van der Waals surface area contributed by atoms with Gasteiger partial charge in [0.05, 0.1) is 5.51 Å². The molecule has 0 aliphatic carbocycles. The van der Waals surface area contributed by atoms with Gasteiger partial charge in [-0.15, -0.1) is 11.3 Å². The van der Waals surface area contributed by atoms with Crippen LogP contribution in [0.1, 0.15) is 18.7 Å². The normalized spacial score (nSPS) is 10.7. The van der Waals surface area contributed by atoms with Crippen LogP contribution in [0.5, 0.6) is 0 Å². The van der Waals surface area contributed by atoms with Gasteiger partial charge in [0.25, 0.3) is 0 Å². The molecule has 0 saturated carbocycles. The third kappa shape index (κ3) is 2.71. The van der Waals surface area contributed by atoms with Gasteiger partial charge in [-0.05, 0) is 5.25 Å². The molecular formula is C7H11NS2. The van der Waals surface area contributed by atoms with Crippen LogP contribution in [0.3, 0.4) is 0 Å². The highest BCUT2D eigenvalue weighted by Crippen LogP contribution is 2.18. The number of rotatable bonds is 3. The summed E-state index contributed by atoms with van der Waals surface area (Å²) in [6, 6.07) is 0. The number of hydrogen-bond donors (Lipinski definition) is 0. The Kier molecular flexibility index (Phi) is 3.22. The molecular weight excluding hydrogens is 162 g/mol. The molecule has 0 fully saturated rings. The number of nitrogens with zero attached hydrogens (tertiary/aromatic N) is 1. The standard InChI is InChI=1S/C7H11NS2/c1-6(2)9-4-7-3-8-5-10-7/h3,5-6H,4H2,1-2H3. The Labute approximate surface area is 69.9 Å². The fourth-order valence-electron chi connectivity index (χ4n) is 0.562. The zero-order chi connectivity index (χ0) is 7.40. The second-order valence-electron chi connectivity index (χ2n) is 2.33. The van der Waals surface area contributed by atoms with E-state index in [1.165, 1.54) is 4.88 Å². The summed E-state index contributed by atoms with van der Waals surface area (Å²) in [5.41, 5.74) is 1.89. The number of aromatic nitrogens is 1. The molecule has 0 atom stereocenters. The van der Waals surface area contributed by atoms with E-state index in [9.17, 15) is 0 Å². The average molecular weight is 173 g/mol. The molecule has 10 heavy (non-hydrogen) atoms. The minimum Gasteiger partial charge on any atom is -0.253 e. The molecule has 56 valence electrons. The van der Waals surface area contributed by atoms with Crippen molar-refractivity contribution in [3.05, 3.63) is 16.6 Å². The fourth-order valence-corrected chi connectivity index (χ4v) is 1.99. The average Bonchev–Trinajstić information content (AvgIpc) is 2.34. The lowest BCUT2D eigenvalue weighted by Gasteiger charge is -2.00. The van der Waals surface area contributed by atoms with Crippen molar-refractivity contribution < 1.29 is 0 Å². The first-order chi connectivity index (χ1) is 4.79. The van der Waals surface area contributed by atoms with Gasteiger partial charge >= 0.3 is 0 Å².